The van der Waals surface area contributed by atoms with Gasteiger partial charge in [-0.1, -0.05) is 0 Å². The van der Waals surface area contributed by atoms with E-state index in [1.165, 1.54) is 4.90 Å². The summed E-state index contributed by atoms with van der Waals surface area (Å²) in [4.78, 5) is 1.39. The molecule has 1 aliphatic heterocycles. The van der Waals surface area contributed by atoms with Gasteiger partial charge in [0.25, 0.3) is 0 Å². The fourth-order valence-electron chi connectivity index (χ4n) is 0.594. The molecule has 0 aliphatic carbocycles. The lowest BCUT2D eigenvalue weighted by Crippen LogP contribution is -2.40. The maximum absolute atomic E-state index is 10.7. The molecule has 0 aromatic carbocycles. The maximum Gasteiger partial charge on any atom is 0.367 e. The van der Waals surface area contributed by atoms with Crippen molar-refractivity contribution in [3.05, 3.63) is 0 Å². The fraction of sp³-hybridized carbons (Fsp3) is 0.500. The van der Waals surface area contributed by atoms with Gasteiger partial charge in [-0.25, -0.2) is 0 Å². The Kier molecular flexibility index (Phi) is 1.59. The van der Waals surface area contributed by atoms with Crippen LogP contribution in [0, 0.1) is 0 Å². The van der Waals surface area contributed by atoms with Gasteiger partial charge in [0.2, 0.25) is 5.96 Å². The molecule has 0 spiro atoms. The van der Waals surface area contributed by atoms with Crippen LogP contribution in [0.25, 0.3) is 0 Å². The Hall–Kier alpha value is -1.11. The molecule has 0 unspecified atom stereocenters. The lowest BCUT2D eigenvalue weighted by Gasteiger charge is -2.19. The molecule has 62 valence electrons. The third-order valence-electron chi connectivity index (χ3n) is 1.29. The van der Waals surface area contributed by atoms with Crippen LogP contribution in [0.5, 0.6) is 0 Å². The van der Waals surface area contributed by atoms with E-state index < -0.39 is 10.2 Å². The summed E-state index contributed by atoms with van der Waals surface area (Å²) in [6.45, 7) is 1.54. The quantitative estimate of drug-likeness (QED) is 0.508. The van der Waals surface area contributed by atoms with Crippen molar-refractivity contribution in [2.45, 2.75) is 6.92 Å². The van der Waals surface area contributed by atoms with Crippen molar-refractivity contribution in [2.24, 2.45) is 14.5 Å². The standard InChI is InChI=1S/C4H8N4O2S/c1-3-6-11(9,10)7-4(5)8(3)2/h1-2H3,(H2,5,7). The van der Waals surface area contributed by atoms with Crippen LogP contribution in [0.3, 0.4) is 0 Å². The zero-order valence-corrected chi connectivity index (χ0v) is 6.96. The summed E-state index contributed by atoms with van der Waals surface area (Å²) in [6, 6.07) is 0. The van der Waals surface area contributed by atoms with Crippen LogP contribution >= 0.6 is 0 Å². The normalized spacial score (nSPS) is 22.5. The van der Waals surface area contributed by atoms with Gasteiger partial charge in [0, 0.05) is 7.05 Å². The van der Waals surface area contributed by atoms with E-state index in [1.54, 1.807) is 14.0 Å². The number of nitrogens with zero attached hydrogens (tertiary/aromatic N) is 3. The summed E-state index contributed by atoms with van der Waals surface area (Å²) in [5, 5.41) is 0. The van der Waals surface area contributed by atoms with Crippen molar-refractivity contribution < 1.29 is 8.42 Å². The minimum atomic E-state index is -3.70. The molecule has 6 nitrogen and oxygen atoms in total. The minimum Gasteiger partial charge on any atom is -0.369 e. The Morgan fingerprint density at radius 1 is 1.45 bits per heavy atom. The summed E-state index contributed by atoms with van der Waals surface area (Å²) < 4.78 is 27.9. The van der Waals surface area contributed by atoms with Crippen LogP contribution in [-0.4, -0.2) is 32.2 Å². The third kappa shape index (κ3) is 1.48. The molecule has 11 heavy (non-hydrogen) atoms. The van der Waals surface area contributed by atoms with Gasteiger partial charge in [0.05, 0.1) is 0 Å². The number of hydrogen-bond donors (Lipinski definition) is 1. The van der Waals surface area contributed by atoms with Crippen molar-refractivity contribution >= 4 is 22.0 Å². The first-order chi connectivity index (χ1) is 4.92. The van der Waals surface area contributed by atoms with Crippen LogP contribution in [0.1, 0.15) is 6.92 Å². The Labute approximate surface area is 64.6 Å². The molecular weight excluding hydrogens is 168 g/mol. The molecule has 0 amide bonds. The van der Waals surface area contributed by atoms with Crippen molar-refractivity contribution in [2.75, 3.05) is 7.05 Å². The maximum atomic E-state index is 10.7. The van der Waals surface area contributed by atoms with Gasteiger partial charge in [0.15, 0.2) is 0 Å². The highest BCUT2D eigenvalue weighted by atomic mass is 32.2. The summed E-state index contributed by atoms with van der Waals surface area (Å²) in [7, 11) is -2.12. The molecule has 0 saturated heterocycles. The second kappa shape index (κ2) is 2.19. The van der Waals surface area contributed by atoms with E-state index >= 15 is 0 Å². The van der Waals surface area contributed by atoms with Gasteiger partial charge in [-0.05, 0) is 6.92 Å². The Morgan fingerprint density at radius 2 is 2.00 bits per heavy atom. The predicted octanol–water partition coefficient (Wildman–Crippen LogP) is -1.09. The summed E-state index contributed by atoms with van der Waals surface area (Å²) >= 11 is 0. The number of guanidine groups is 1. The largest absolute Gasteiger partial charge is 0.369 e. The van der Waals surface area contributed by atoms with Crippen molar-refractivity contribution in [3.8, 4) is 0 Å². The zero-order valence-electron chi connectivity index (χ0n) is 6.14. The van der Waals surface area contributed by atoms with E-state index in [1.807, 2.05) is 0 Å². The molecule has 0 fully saturated rings. The lowest BCUT2D eigenvalue weighted by molar-refractivity contribution is 0.594. The highest BCUT2D eigenvalue weighted by Crippen LogP contribution is 2.04. The zero-order chi connectivity index (χ0) is 8.65. The highest BCUT2D eigenvalue weighted by molar-refractivity contribution is 7.89. The third-order valence-corrected chi connectivity index (χ3v) is 2.20. The first-order valence-electron chi connectivity index (χ1n) is 2.83. The molecule has 0 atom stereocenters. The molecule has 0 radical (unpaired) electrons. The van der Waals surface area contributed by atoms with Crippen LogP contribution < -0.4 is 5.73 Å². The van der Waals surface area contributed by atoms with Gasteiger partial charge in [-0.2, -0.15) is 8.42 Å². The molecule has 1 aliphatic rings. The topological polar surface area (TPSA) is 88.1 Å². The van der Waals surface area contributed by atoms with E-state index in [2.05, 4.69) is 8.80 Å². The van der Waals surface area contributed by atoms with E-state index in [0.717, 1.165) is 0 Å². The fourth-order valence-corrected chi connectivity index (χ4v) is 1.45. The Bertz CT molecular complexity index is 302. The summed E-state index contributed by atoms with van der Waals surface area (Å²) in [6.07, 6.45) is 0. The van der Waals surface area contributed by atoms with E-state index in [-0.39, 0.29) is 5.96 Å². The van der Waals surface area contributed by atoms with E-state index in [9.17, 15) is 8.42 Å². The van der Waals surface area contributed by atoms with Gasteiger partial charge in [-0.3, -0.25) is 0 Å². The van der Waals surface area contributed by atoms with Crippen LogP contribution in [-0.2, 0) is 10.2 Å². The lowest BCUT2D eigenvalue weighted by atomic mass is 10.6. The monoisotopic (exact) mass is 176 g/mol. The van der Waals surface area contributed by atoms with Gasteiger partial charge in [-0.15, -0.1) is 8.80 Å². The average molecular weight is 176 g/mol. The van der Waals surface area contributed by atoms with E-state index in [0.29, 0.717) is 5.84 Å². The average Bonchev–Trinajstić information content (AvgIpc) is 1.81. The van der Waals surface area contributed by atoms with Crippen LogP contribution in [0.2, 0.25) is 0 Å². The smallest absolute Gasteiger partial charge is 0.367 e. The molecule has 0 bridgehead atoms. The van der Waals surface area contributed by atoms with Crippen molar-refractivity contribution in [3.63, 3.8) is 0 Å². The number of rotatable bonds is 0. The molecule has 1 rings (SSSR count). The van der Waals surface area contributed by atoms with Gasteiger partial charge in [0.1, 0.15) is 5.84 Å². The van der Waals surface area contributed by atoms with Crippen molar-refractivity contribution in [1.82, 2.24) is 4.90 Å². The Morgan fingerprint density at radius 3 is 2.45 bits per heavy atom. The van der Waals surface area contributed by atoms with Gasteiger partial charge >= 0.3 is 10.2 Å². The molecular formula is C4H8N4O2S. The van der Waals surface area contributed by atoms with E-state index in [4.69, 9.17) is 5.73 Å². The summed E-state index contributed by atoms with van der Waals surface area (Å²) in [5.41, 5.74) is 5.26. The van der Waals surface area contributed by atoms with Crippen LogP contribution in [0.4, 0.5) is 0 Å². The first kappa shape index (κ1) is 7.99. The van der Waals surface area contributed by atoms with Crippen molar-refractivity contribution in [1.29, 1.82) is 0 Å². The minimum absolute atomic E-state index is 0.0579. The molecule has 0 aromatic heterocycles. The number of hydrogen-bond acceptors (Lipinski definition) is 4. The SMILES string of the molecule is CC1=NS(=O)(=O)N=C(N)N1C. The second-order valence-corrected chi connectivity index (χ2v) is 3.36. The van der Waals surface area contributed by atoms with Crippen LogP contribution in [0.15, 0.2) is 8.80 Å². The van der Waals surface area contributed by atoms with Gasteiger partial charge < -0.3 is 10.6 Å². The molecule has 0 aromatic rings. The molecule has 7 heteroatoms. The predicted molar refractivity (Wildman–Crippen MR) is 41.4 cm³/mol. The second-order valence-electron chi connectivity index (χ2n) is 2.09. The molecule has 0 saturated carbocycles. The number of nitrogens with two attached hydrogens (primary N) is 1. The number of amidine groups is 1. The Balaban J connectivity index is 3.19. The molecule has 2 N–H and O–H groups in total. The first-order valence-corrected chi connectivity index (χ1v) is 4.23. The summed E-state index contributed by atoms with van der Waals surface area (Å²) in [5.74, 6) is 0.259. The highest BCUT2D eigenvalue weighted by Gasteiger charge is 2.18. The molecule has 1 heterocycles.